The third kappa shape index (κ3) is 6.15. The summed E-state index contributed by atoms with van der Waals surface area (Å²) in [5.41, 5.74) is -2.00. The van der Waals surface area contributed by atoms with E-state index in [1.165, 1.54) is 4.90 Å². The van der Waals surface area contributed by atoms with E-state index in [0.717, 1.165) is 44.0 Å². The SMILES string of the molecule is C[C@H]1CN([C@@H]2CC[C@@](C(=O)N3COc4c(cc(C(F)(F)F)cc4C(C)(F)F)C3)(C3CC3)OC2)CC[C@@H]1c1cccc(C(=O)O)c1. The number of halogens is 5. The van der Waals surface area contributed by atoms with E-state index in [4.69, 9.17) is 9.47 Å². The van der Waals surface area contributed by atoms with Gasteiger partial charge in [-0.2, -0.15) is 13.2 Å². The molecule has 3 heterocycles. The third-order valence-corrected chi connectivity index (χ3v) is 9.98. The van der Waals surface area contributed by atoms with E-state index in [0.29, 0.717) is 32.4 Å². The number of carboxylic acid groups (broad SMARTS) is 1. The van der Waals surface area contributed by atoms with Crippen molar-refractivity contribution in [2.75, 3.05) is 26.4 Å². The predicted molar refractivity (Wildman–Crippen MR) is 153 cm³/mol. The third-order valence-electron chi connectivity index (χ3n) is 9.98. The Labute approximate surface area is 258 Å². The first kappa shape index (κ1) is 31.7. The summed E-state index contributed by atoms with van der Waals surface area (Å²) in [5.74, 6) is -4.72. The van der Waals surface area contributed by atoms with Gasteiger partial charge < -0.3 is 19.5 Å². The van der Waals surface area contributed by atoms with Crippen molar-refractivity contribution in [2.24, 2.45) is 11.8 Å². The summed E-state index contributed by atoms with van der Waals surface area (Å²) in [7, 11) is 0. The number of amides is 1. The average molecular weight is 637 g/mol. The molecule has 3 aliphatic heterocycles. The van der Waals surface area contributed by atoms with E-state index in [-0.39, 0.29) is 59.9 Å². The summed E-state index contributed by atoms with van der Waals surface area (Å²) in [4.78, 5) is 29.2. The van der Waals surface area contributed by atoms with E-state index < -0.39 is 34.8 Å². The molecule has 1 aliphatic carbocycles. The predicted octanol–water partition coefficient (Wildman–Crippen LogP) is 6.65. The number of hydrogen-bond acceptors (Lipinski definition) is 5. The largest absolute Gasteiger partial charge is 0.478 e. The number of aromatic carboxylic acids is 1. The molecule has 3 fully saturated rings. The molecule has 0 aromatic heterocycles. The molecule has 45 heavy (non-hydrogen) atoms. The molecule has 244 valence electrons. The van der Waals surface area contributed by atoms with E-state index in [1.807, 2.05) is 6.07 Å². The number of nitrogens with zero attached hydrogens (tertiary/aromatic N) is 2. The average Bonchev–Trinajstić information content (AvgIpc) is 3.85. The fraction of sp³-hybridized carbons (Fsp3) is 0.576. The van der Waals surface area contributed by atoms with Crippen molar-refractivity contribution in [1.29, 1.82) is 0 Å². The molecule has 4 atom stereocenters. The Morgan fingerprint density at radius 3 is 2.40 bits per heavy atom. The lowest BCUT2D eigenvalue weighted by Crippen LogP contribution is -2.59. The fourth-order valence-corrected chi connectivity index (χ4v) is 7.45. The Kier molecular flexibility index (Phi) is 8.12. The van der Waals surface area contributed by atoms with Crippen LogP contribution in [0.5, 0.6) is 5.75 Å². The summed E-state index contributed by atoms with van der Waals surface area (Å²) >= 11 is 0. The highest BCUT2D eigenvalue weighted by Gasteiger charge is 2.56. The molecule has 0 bridgehead atoms. The van der Waals surface area contributed by atoms with E-state index in [1.54, 1.807) is 18.2 Å². The summed E-state index contributed by atoms with van der Waals surface area (Å²) in [6, 6.07) is 8.38. The summed E-state index contributed by atoms with van der Waals surface area (Å²) in [6.45, 7) is 3.97. The van der Waals surface area contributed by atoms with Crippen LogP contribution >= 0.6 is 0 Å². The molecule has 0 spiro atoms. The molecule has 2 aromatic carbocycles. The molecule has 1 N–H and O–H groups in total. The first-order valence-corrected chi connectivity index (χ1v) is 15.4. The number of carbonyl (C=O) groups is 2. The topological polar surface area (TPSA) is 79.3 Å². The highest BCUT2D eigenvalue weighted by molar-refractivity contribution is 5.88. The molecule has 4 aliphatic rings. The Hall–Kier alpha value is -3.25. The van der Waals surface area contributed by atoms with Gasteiger partial charge in [-0.1, -0.05) is 19.1 Å². The number of ether oxygens (including phenoxy) is 2. The molecule has 1 amide bonds. The number of fused-ring (bicyclic) bond motifs is 1. The number of carboxylic acids is 1. The first-order chi connectivity index (χ1) is 21.2. The van der Waals surface area contributed by atoms with E-state index in [2.05, 4.69) is 11.8 Å². The molecule has 0 radical (unpaired) electrons. The lowest BCUT2D eigenvalue weighted by Gasteiger charge is -2.47. The van der Waals surface area contributed by atoms with Gasteiger partial charge in [0.25, 0.3) is 11.8 Å². The number of carbonyl (C=O) groups excluding carboxylic acids is 1. The summed E-state index contributed by atoms with van der Waals surface area (Å²) < 4.78 is 81.5. The number of likely N-dealkylation sites (tertiary alicyclic amines) is 1. The van der Waals surface area contributed by atoms with Crippen molar-refractivity contribution in [3.63, 3.8) is 0 Å². The summed E-state index contributed by atoms with van der Waals surface area (Å²) in [5, 5.41) is 9.39. The van der Waals surface area contributed by atoms with E-state index in [9.17, 15) is 36.6 Å². The van der Waals surface area contributed by atoms with Gasteiger partial charge in [0, 0.05) is 25.1 Å². The normalized spacial score (nSPS) is 27.9. The van der Waals surface area contributed by atoms with Crippen LogP contribution in [0.15, 0.2) is 36.4 Å². The fourth-order valence-electron chi connectivity index (χ4n) is 7.45. The standard InChI is InChI=1S/C33H37F5N2O5/c1-19-15-39(11-9-26(19)20-4-3-5-21(12-20)29(41)42)25-8-10-32(45-17-25,23-6-7-23)30(43)40-16-22-13-24(33(36,37)38)14-27(31(2,34)35)28(22)44-18-40/h3-5,12-14,19,23,25-26H,6-11,15-18H2,1-2H3,(H,41,42)/t19-,25+,26-,32-/m0/s1. The quantitative estimate of drug-likeness (QED) is 0.358. The maximum absolute atomic E-state index is 14.3. The van der Waals surface area contributed by atoms with Crippen molar-refractivity contribution in [1.82, 2.24) is 9.80 Å². The molecule has 6 rings (SSSR count). The van der Waals surface area contributed by atoms with Gasteiger partial charge in [0.2, 0.25) is 0 Å². The number of alkyl halides is 5. The number of rotatable bonds is 6. The van der Waals surface area contributed by atoms with Gasteiger partial charge in [0.05, 0.1) is 29.8 Å². The highest BCUT2D eigenvalue weighted by Crippen LogP contribution is 2.50. The van der Waals surface area contributed by atoms with Gasteiger partial charge in [-0.25, -0.2) is 13.6 Å². The van der Waals surface area contributed by atoms with Crippen LogP contribution in [0.2, 0.25) is 0 Å². The van der Waals surface area contributed by atoms with Crippen molar-refractivity contribution in [2.45, 2.75) is 82.2 Å². The zero-order valence-corrected chi connectivity index (χ0v) is 25.2. The second-order valence-corrected chi connectivity index (χ2v) is 13.1. The molecule has 2 aromatic rings. The Balaban J connectivity index is 1.14. The van der Waals surface area contributed by atoms with Crippen LogP contribution in [-0.2, 0) is 28.2 Å². The minimum Gasteiger partial charge on any atom is -0.478 e. The van der Waals surface area contributed by atoms with Gasteiger partial charge in [-0.15, -0.1) is 0 Å². The minimum atomic E-state index is -4.84. The number of hydrogen-bond donors (Lipinski definition) is 1. The van der Waals surface area contributed by atoms with E-state index >= 15 is 0 Å². The molecule has 0 unspecified atom stereocenters. The molecule has 12 heteroatoms. The van der Waals surface area contributed by atoms with Crippen LogP contribution in [0.4, 0.5) is 22.0 Å². The Bertz CT molecular complexity index is 1460. The van der Waals surface area contributed by atoms with Gasteiger partial charge >= 0.3 is 12.1 Å². The molecule has 1 saturated carbocycles. The van der Waals surface area contributed by atoms with Crippen LogP contribution < -0.4 is 4.74 Å². The van der Waals surface area contributed by atoms with Gasteiger partial charge in [-0.05, 0) is 86.2 Å². The zero-order chi connectivity index (χ0) is 32.3. The smallest absolute Gasteiger partial charge is 0.416 e. The van der Waals surface area contributed by atoms with Crippen LogP contribution in [0, 0.1) is 11.8 Å². The lowest BCUT2D eigenvalue weighted by atomic mass is 9.79. The Morgan fingerprint density at radius 1 is 1.04 bits per heavy atom. The Morgan fingerprint density at radius 2 is 1.80 bits per heavy atom. The zero-order valence-electron chi connectivity index (χ0n) is 25.2. The van der Waals surface area contributed by atoms with Crippen LogP contribution in [0.1, 0.15) is 84.5 Å². The number of benzene rings is 2. The maximum atomic E-state index is 14.3. The van der Waals surface area contributed by atoms with Gasteiger partial charge in [-0.3, -0.25) is 9.69 Å². The van der Waals surface area contributed by atoms with Crippen molar-refractivity contribution >= 4 is 11.9 Å². The highest BCUT2D eigenvalue weighted by atomic mass is 19.4. The van der Waals surface area contributed by atoms with Crippen molar-refractivity contribution in [3.05, 3.63) is 64.2 Å². The van der Waals surface area contributed by atoms with Gasteiger partial charge in [0.1, 0.15) is 11.4 Å². The summed E-state index contributed by atoms with van der Waals surface area (Å²) in [6.07, 6.45) is -1.25. The lowest BCUT2D eigenvalue weighted by molar-refractivity contribution is -0.180. The second kappa shape index (κ2) is 11.5. The first-order valence-electron chi connectivity index (χ1n) is 15.4. The second-order valence-electron chi connectivity index (χ2n) is 13.1. The number of piperidine rings is 1. The van der Waals surface area contributed by atoms with Crippen molar-refractivity contribution < 1.29 is 46.1 Å². The minimum absolute atomic E-state index is 0.0180. The molecule has 7 nitrogen and oxygen atoms in total. The maximum Gasteiger partial charge on any atom is 0.416 e. The van der Waals surface area contributed by atoms with Crippen LogP contribution in [0.25, 0.3) is 0 Å². The molecular formula is C33H37F5N2O5. The molecule has 2 saturated heterocycles. The van der Waals surface area contributed by atoms with Gasteiger partial charge in [0.15, 0.2) is 6.73 Å². The van der Waals surface area contributed by atoms with Crippen LogP contribution in [-0.4, -0.2) is 64.9 Å². The molecular weight excluding hydrogens is 599 g/mol. The van der Waals surface area contributed by atoms with Crippen LogP contribution in [0.3, 0.4) is 0 Å². The monoisotopic (exact) mass is 636 g/mol. The van der Waals surface area contributed by atoms with Crippen molar-refractivity contribution in [3.8, 4) is 5.75 Å².